The highest BCUT2D eigenvalue weighted by atomic mass is 32.1. The summed E-state index contributed by atoms with van der Waals surface area (Å²) in [4.78, 5) is 8.36. The summed E-state index contributed by atoms with van der Waals surface area (Å²) in [6, 6.07) is 8.28. The number of thiophene rings is 1. The fourth-order valence-electron chi connectivity index (χ4n) is 1.66. The summed E-state index contributed by atoms with van der Waals surface area (Å²) >= 11 is 1.70. The lowest BCUT2D eigenvalue weighted by molar-refractivity contribution is 1.22. The van der Waals surface area contributed by atoms with Gasteiger partial charge in [-0.25, -0.2) is 9.97 Å². The monoisotopic (exact) mass is 212 g/mol. The van der Waals surface area contributed by atoms with E-state index in [1.165, 1.54) is 11.1 Å². The van der Waals surface area contributed by atoms with Crippen molar-refractivity contribution in [3.05, 3.63) is 47.5 Å². The third-order valence-electron chi connectivity index (χ3n) is 2.37. The lowest BCUT2D eigenvalue weighted by atomic mass is 10.1. The van der Waals surface area contributed by atoms with Gasteiger partial charge in [-0.05, 0) is 22.4 Å². The van der Waals surface area contributed by atoms with E-state index in [-0.39, 0.29) is 0 Å². The van der Waals surface area contributed by atoms with Crippen molar-refractivity contribution in [3.8, 4) is 11.1 Å². The predicted molar refractivity (Wildman–Crippen MR) is 62.9 cm³/mol. The first-order valence-electron chi connectivity index (χ1n) is 4.66. The zero-order valence-corrected chi connectivity index (χ0v) is 8.74. The topological polar surface area (TPSA) is 25.8 Å². The third-order valence-corrected chi connectivity index (χ3v) is 3.05. The van der Waals surface area contributed by atoms with Crippen LogP contribution in [0.5, 0.6) is 0 Å². The molecule has 0 fully saturated rings. The molecule has 3 heteroatoms. The van der Waals surface area contributed by atoms with Gasteiger partial charge >= 0.3 is 0 Å². The molecule has 0 radical (unpaired) electrons. The van der Waals surface area contributed by atoms with Gasteiger partial charge < -0.3 is 0 Å². The molecule has 0 N–H and O–H groups in total. The van der Waals surface area contributed by atoms with Crippen molar-refractivity contribution in [1.29, 1.82) is 0 Å². The van der Waals surface area contributed by atoms with E-state index in [9.17, 15) is 0 Å². The molecule has 0 bridgehead atoms. The van der Waals surface area contributed by atoms with Gasteiger partial charge in [0, 0.05) is 17.1 Å². The molecule has 0 aliphatic carbocycles. The Balaban J connectivity index is 2.36. The van der Waals surface area contributed by atoms with Crippen LogP contribution in [0.2, 0.25) is 0 Å². The largest absolute Gasteiger partial charge is 0.244 e. The first kappa shape index (κ1) is 8.56. The lowest BCUT2D eigenvalue weighted by Gasteiger charge is -2.02. The number of benzene rings is 1. The van der Waals surface area contributed by atoms with E-state index in [0.717, 1.165) is 10.9 Å². The molecule has 3 aromatic rings. The van der Waals surface area contributed by atoms with Crippen LogP contribution in [0.3, 0.4) is 0 Å². The van der Waals surface area contributed by atoms with Gasteiger partial charge in [-0.2, -0.15) is 11.3 Å². The second kappa shape index (κ2) is 3.44. The molecule has 0 amide bonds. The maximum atomic E-state index is 4.33. The van der Waals surface area contributed by atoms with Crippen molar-refractivity contribution < 1.29 is 0 Å². The molecule has 0 unspecified atom stereocenters. The summed E-state index contributed by atoms with van der Waals surface area (Å²) in [5.74, 6) is 0. The van der Waals surface area contributed by atoms with Crippen LogP contribution in [0.4, 0.5) is 0 Å². The van der Waals surface area contributed by atoms with E-state index < -0.39 is 0 Å². The summed E-state index contributed by atoms with van der Waals surface area (Å²) in [6.45, 7) is 0. The van der Waals surface area contributed by atoms with E-state index in [4.69, 9.17) is 0 Å². The molecule has 0 spiro atoms. The molecular formula is C12H8N2S. The van der Waals surface area contributed by atoms with E-state index in [2.05, 4.69) is 32.9 Å². The fourth-order valence-corrected chi connectivity index (χ4v) is 2.32. The molecule has 2 nitrogen and oxygen atoms in total. The van der Waals surface area contributed by atoms with E-state index in [1.54, 1.807) is 17.7 Å². The molecule has 0 saturated carbocycles. The molecule has 2 aromatic heterocycles. The smallest absolute Gasteiger partial charge is 0.116 e. The zero-order valence-electron chi connectivity index (χ0n) is 7.92. The van der Waals surface area contributed by atoms with Crippen LogP contribution in [-0.2, 0) is 0 Å². The van der Waals surface area contributed by atoms with Gasteiger partial charge in [-0.1, -0.05) is 18.2 Å². The average Bonchev–Trinajstić information content (AvgIpc) is 2.82. The van der Waals surface area contributed by atoms with Crippen molar-refractivity contribution >= 4 is 22.2 Å². The summed E-state index contributed by atoms with van der Waals surface area (Å²) in [7, 11) is 0. The third kappa shape index (κ3) is 1.41. The quantitative estimate of drug-likeness (QED) is 0.618. The highest BCUT2D eigenvalue weighted by Crippen LogP contribution is 2.27. The van der Waals surface area contributed by atoms with Crippen molar-refractivity contribution in [2.75, 3.05) is 0 Å². The molecule has 3 rings (SSSR count). The number of hydrogen-bond acceptors (Lipinski definition) is 3. The van der Waals surface area contributed by atoms with Crippen molar-refractivity contribution in [2.24, 2.45) is 0 Å². The summed E-state index contributed by atoms with van der Waals surface area (Å²) < 4.78 is 0. The minimum absolute atomic E-state index is 1.02. The van der Waals surface area contributed by atoms with Crippen LogP contribution in [0.1, 0.15) is 0 Å². The van der Waals surface area contributed by atoms with E-state index in [1.807, 2.05) is 18.3 Å². The maximum absolute atomic E-state index is 4.33. The Labute approximate surface area is 91.2 Å². The molecule has 1 aromatic carbocycles. The molecular weight excluding hydrogens is 204 g/mol. The first-order chi connectivity index (χ1) is 7.45. The standard InChI is InChI=1S/C12H8N2S/c1-2-9-6-13-8-14-12(9)11(3-1)10-4-5-15-7-10/h1-8H. The van der Waals surface area contributed by atoms with Crippen LogP contribution in [0.15, 0.2) is 47.5 Å². The van der Waals surface area contributed by atoms with Crippen molar-refractivity contribution in [1.82, 2.24) is 9.97 Å². The van der Waals surface area contributed by atoms with Crippen LogP contribution >= 0.6 is 11.3 Å². The molecule has 0 atom stereocenters. The van der Waals surface area contributed by atoms with Crippen molar-refractivity contribution in [2.45, 2.75) is 0 Å². The van der Waals surface area contributed by atoms with E-state index >= 15 is 0 Å². The molecule has 0 saturated heterocycles. The molecule has 2 heterocycles. The van der Waals surface area contributed by atoms with Gasteiger partial charge in [-0.3, -0.25) is 0 Å². The lowest BCUT2D eigenvalue weighted by Crippen LogP contribution is -1.84. The minimum Gasteiger partial charge on any atom is -0.244 e. The first-order valence-corrected chi connectivity index (χ1v) is 5.61. The zero-order chi connectivity index (χ0) is 10.1. The second-order valence-electron chi connectivity index (χ2n) is 3.28. The normalized spacial score (nSPS) is 10.7. The van der Waals surface area contributed by atoms with Crippen molar-refractivity contribution in [3.63, 3.8) is 0 Å². The molecule has 15 heavy (non-hydrogen) atoms. The van der Waals surface area contributed by atoms with Crippen LogP contribution in [0, 0.1) is 0 Å². The second-order valence-corrected chi connectivity index (χ2v) is 4.06. The summed E-state index contributed by atoms with van der Waals surface area (Å²) in [5, 5.41) is 5.30. The summed E-state index contributed by atoms with van der Waals surface area (Å²) in [5.41, 5.74) is 3.42. The number of fused-ring (bicyclic) bond motifs is 1. The maximum Gasteiger partial charge on any atom is 0.116 e. The number of aromatic nitrogens is 2. The van der Waals surface area contributed by atoms with Crippen LogP contribution < -0.4 is 0 Å². The Kier molecular flexibility index (Phi) is 1.96. The Morgan fingerprint density at radius 3 is 3.00 bits per heavy atom. The number of nitrogens with zero attached hydrogens (tertiary/aromatic N) is 2. The predicted octanol–water partition coefficient (Wildman–Crippen LogP) is 3.36. The highest BCUT2D eigenvalue weighted by Gasteiger charge is 2.04. The van der Waals surface area contributed by atoms with Gasteiger partial charge in [0.2, 0.25) is 0 Å². The fraction of sp³-hybridized carbons (Fsp3) is 0. The Bertz CT molecular complexity index is 582. The highest BCUT2D eigenvalue weighted by molar-refractivity contribution is 7.08. The molecule has 72 valence electrons. The SMILES string of the molecule is c1cc(-c2ccsc2)c2ncncc2c1. The van der Waals surface area contributed by atoms with Crippen LogP contribution in [0.25, 0.3) is 22.0 Å². The van der Waals surface area contributed by atoms with Gasteiger partial charge in [0.05, 0.1) is 5.52 Å². The molecule has 0 aliphatic rings. The minimum atomic E-state index is 1.02. The average molecular weight is 212 g/mol. The van der Waals surface area contributed by atoms with Gasteiger partial charge in [0.15, 0.2) is 0 Å². The van der Waals surface area contributed by atoms with Gasteiger partial charge in [-0.15, -0.1) is 0 Å². The Hall–Kier alpha value is -1.74. The van der Waals surface area contributed by atoms with E-state index in [0.29, 0.717) is 0 Å². The van der Waals surface area contributed by atoms with Gasteiger partial charge in [0.25, 0.3) is 0 Å². The number of hydrogen-bond donors (Lipinski definition) is 0. The molecule has 0 aliphatic heterocycles. The van der Waals surface area contributed by atoms with Gasteiger partial charge in [0.1, 0.15) is 6.33 Å². The number of para-hydroxylation sites is 1. The number of rotatable bonds is 1. The van der Waals surface area contributed by atoms with Crippen LogP contribution in [-0.4, -0.2) is 9.97 Å². The summed E-state index contributed by atoms with van der Waals surface area (Å²) in [6.07, 6.45) is 3.44. The Morgan fingerprint density at radius 1 is 1.13 bits per heavy atom. The Morgan fingerprint density at radius 2 is 2.13 bits per heavy atom.